The van der Waals surface area contributed by atoms with Gasteiger partial charge in [-0.2, -0.15) is 0 Å². The molecular weight excluding hydrogens is 462 g/mol. The Morgan fingerprint density at radius 3 is 2.51 bits per heavy atom. The molecule has 0 spiro atoms. The maximum absolute atomic E-state index is 11.2. The van der Waals surface area contributed by atoms with E-state index in [4.69, 9.17) is 21.4 Å². The van der Waals surface area contributed by atoms with Gasteiger partial charge in [0.25, 0.3) is 0 Å². The summed E-state index contributed by atoms with van der Waals surface area (Å²) < 4.78 is 11.9. The van der Waals surface area contributed by atoms with E-state index in [1.54, 1.807) is 30.5 Å². The minimum absolute atomic E-state index is 0.225. The highest BCUT2D eigenvalue weighted by molar-refractivity contribution is 7.80. The molecule has 2 aromatic heterocycles. The van der Waals surface area contributed by atoms with Gasteiger partial charge >= 0.3 is 5.97 Å². The standard InChI is InChI=1S/C27H23N3O4S/c1-2-33-20-12-10-19(11-13-20)30-25(24(29-27(30)35)21-5-3-4-16-28-21)23-15-14-22(34-23)17-6-8-18(9-7-17)26(31)32/h3-16,24-25H,2H2,1H3,(H,29,35)(H,31,32)/t24-,25-/m1/s1. The van der Waals surface area contributed by atoms with Gasteiger partial charge in [0.1, 0.15) is 23.3 Å². The second-order valence-corrected chi connectivity index (χ2v) is 8.39. The fourth-order valence-corrected chi connectivity index (χ4v) is 4.58. The van der Waals surface area contributed by atoms with E-state index in [-0.39, 0.29) is 17.6 Å². The van der Waals surface area contributed by atoms with Crippen molar-refractivity contribution < 1.29 is 19.1 Å². The highest BCUT2D eigenvalue weighted by Crippen LogP contribution is 2.43. The van der Waals surface area contributed by atoms with Gasteiger partial charge < -0.3 is 24.5 Å². The van der Waals surface area contributed by atoms with Crippen molar-refractivity contribution in [1.82, 2.24) is 10.3 Å². The number of aromatic nitrogens is 1. The van der Waals surface area contributed by atoms with Crippen LogP contribution in [0.5, 0.6) is 5.75 Å². The number of aromatic carboxylic acids is 1. The number of hydrogen-bond acceptors (Lipinski definition) is 5. The first-order valence-electron chi connectivity index (χ1n) is 11.2. The van der Waals surface area contributed by atoms with E-state index in [1.807, 2.05) is 66.4 Å². The molecule has 1 aliphatic rings. The first-order chi connectivity index (χ1) is 17.0. The van der Waals surface area contributed by atoms with Crippen LogP contribution in [0.25, 0.3) is 11.3 Å². The van der Waals surface area contributed by atoms with Gasteiger partial charge in [0.15, 0.2) is 5.11 Å². The minimum atomic E-state index is -0.966. The molecule has 4 aromatic rings. The van der Waals surface area contributed by atoms with Gasteiger partial charge in [-0.1, -0.05) is 18.2 Å². The number of nitrogens with one attached hydrogen (secondary N) is 1. The third kappa shape index (κ3) is 4.48. The Hall–Kier alpha value is -4.17. The Morgan fingerprint density at radius 1 is 1.09 bits per heavy atom. The van der Waals surface area contributed by atoms with E-state index in [0.29, 0.717) is 23.2 Å². The maximum Gasteiger partial charge on any atom is 0.335 e. The van der Waals surface area contributed by atoms with Gasteiger partial charge in [-0.05, 0) is 79.8 Å². The molecule has 0 radical (unpaired) electrons. The van der Waals surface area contributed by atoms with E-state index < -0.39 is 5.97 Å². The number of hydrogen-bond donors (Lipinski definition) is 2. The van der Waals surface area contributed by atoms with Gasteiger partial charge in [-0.3, -0.25) is 4.98 Å². The number of benzene rings is 2. The lowest BCUT2D eigenvalue weighted by Crippen LogP contribution is -2.29. The molecule has 0 unspecified atom stereocenters. The Bertz CT molecular complexity index is 1340. The molecular formula is C27H23N3O4S. The van der Waals surface area contributed by atoms with Crippen LogP contribution in [0.15, 0.2) is 89.5 Å². The number of thiocarbonyl (C=S) groups is 1. The molecule has 0 aliphatic carbocycles. The van der Waals surface area contributed by atoms with Crippen molar-refractivity contribution in [2.75, 3.05) is 11.5 Å². The lowest BCUT2D eigenvalue weighted by molar-refractivity contribution is 0.0697. The van der Waals surface area contributed by atoms with Crippen LogP contribution in [-0.4, -0.2) is 27.8 Å². The van der Waals surface area contributed by atoms with Crippen LogP contribution in [0.2, 0.25) is 0 Å². The van der Waals surface area contributed by atoms with Gasteiger partial charge in [0, 0.05) is 17.4 Å². The van der Waals surface area contributed by atoms with Crippen molar-refractivity contribution in [2.45, 2.75) is 19.0 Å². The molecule has 35 heavy (non-hydrogen) atoms. The minimum Gasteiger partial charge on any atom is -0.494 e. The zero-order chi connectivity index (χ0) is 24.4. The van der Waals surface area contributed by atoms with Crippen molar-refractivity contribution in [2.24, 2.45) is 0 Å². The summed E-state index contributed by atoms with van der Waals surface area (Å²) in [5.41, 5.74) is 2.76. The number of carbonyl (C=O) groups is 1. The van der Waals surface area contributed by atoms with Gasteiger partial charge in [-0.25, -0.2) is 4.79 Å². The summed E-state index contributed by atoms with van der Waals surface area (Å²) in [6.07, 6.45) is 1.76. The summed E-state index contributed by atoms with van der Waals surface area (Å²) >= 11 is 5.76. The zero-order valence-corrected chi connectivity index (χ0v) is 19.7. The smallest absolute Gasteiger partial charge is 0.335 e. The number of furan rings is 1. The van der Waals surface area contributed by atoms with E-state index in [1.165, 1.54) is 0 Å². The van der Waals surface area contributed by atoms with Crippen molar-refractivity contribution >= 4 is 29.0 Å². The molecule has 0 bridgehead atoms. The Morgan fingerprint density at radius 2 is 1.86 bits per heavy atom. The molecule has 2 N–H and O–H groups in total. The average molecular weight is 486 g/mol. The number of rotatable bonds is 7. The number of carboxylic acid groups (broad SMARTS) is 1. The van der Waals surface area contributed by atoms with Crippen LogP contribution in [0.3, 0.4) is 0 Å². The quantitative estimate of drug-likeness (QED) is 0.326. The van der Waals surface area contributed by atoms with E-state index in [9.17, 15) is 9.90 Å². The topological polar surface area (TPSA) is 87.8 Å². The Balaban J connectivity index is 1.53. The molecule has 1 saturated heterocycles. The number of anilines is 1. The van der Waals surface area contributed by atoms with E-state index in [2.05, 4.69) is 10.3 Å². The summed E-state index contributed by atoms with van der Waals surface area (Å²) in [4.78, 5) is 17.8. The third-order valence-corrected chi connectivity index (χ3v) is 6.17. The third-order valence-electron chi connectivity index (χ3n) is 5.86. The van der Waals surface area contributed by atoms with E-state index in [0.717, 1.165) is 22.7 Å². The van der Waals surface area contributed by atoms with Crippen LogP contribution in [0.4, 0.5) is 5.69 Å². The van der Waals surface area contributed by atoms with Gasteiger partial charge in [0.2, 0.25) is 0 Å². The molecule has 0 amide bonds. The molecule has 7 nitrogen and oxygen atoms in total. The molecule has 0 saturated carbocycles. The first-order valence-corrected chi connectivity index (χ1v) is 11.6. The highest BCUT2D eigenvalue weighted by atomic mass is 32.1. The first kappa shape index (κ1) is 22.6. The largest absolute Gasteiger partial charge is 0.494 e. The lowest BCUT2D eigenvalue weighted by Gasteiger charge is -2.26. The summed E-state index contributed by atoms with van der Waals surface area (Å²) in [5.74, 6) is 1.17. The molecule has 5 rings (SSSR count). The average Bonchev–Trinajstić information content (AvgIpc) is 3.50. The van der Waals surface area contributed by atoms with E-state index >= 15 is 0 Å². The number of pyridine rings is 1. The van der Waals surface area contributed by atoms with Gasteiger partial charge in [0.05, 0.1) is 23.9 Å². The molecule has 1 fully saturated rings. The number of carboxylic acids is 1. The predicted octanol–water partition coefficient (Wildman–Crippen LogP) is 5.62. The van der Waals surface area contributed by atoms with Crippen LogP contribution < -0.4 is 15.0 Å². The molecule has 1 aliphatic heterocycles. The fraction of sp³-hybridized carbons (Fsp3) is 0.148. The summed E-state index contributed by atoms with van der Waals surface area (Å²) in [6, 6.07) is 23.5. The van der Waals surface area contributed by atoms with Crippen molar-refractivity contribution in [3.05, 3.63) is 102 Å². The van der Waals surface area contributed by atoms with Crippen LogP contribution in [0, 0.1) is 0 Å². The second kappa shape index (κ2) is 9.60. The van der Waals surface area contributed by atoms with Crippen molar-refractivity contribution in [1.29, 1.82) is 0 Å². The highest BCUT2D eigenvalue weighted by Gasteiger charge is 2.42. The molecule has 2 aromatic carbocycles. The molecule has 8 heteroatoms. The van der Waals surface area contributed by atoms with Crippen LogP contribution >= 0.6 is 12.2 Å². The van der Waals surface area contributed by atoms with Crippen LogP contribution in [-0.2, 0) is 0 Å². The molecule has 2 atom stereocenters. The zero-order valence-electron chi connectivity index (χ0n) is 18.9. The lowest BCUT2D eigenvalue weighted by atomic mass is 10.0. The van der Waals surface area contributed by atoms with Crippen molar-refractivity contribution in [3.63, 3.8) is 0 Å². The normalized spacial score (nSPS) is 17.3. The Kier molecular flexibility index (Phi) is 6.20. The summed E-state index contributed by atoms with van der Waals surface area (Å²) in [6.45, 7) is 2.54. The fourth-order valence-electron chi connectivity index (χ4n) is 4.24. The van der Waals surface area contributed by atoms with Crippen molar-refractivity contribution in [3.8, 4) is 17.1 Å². The second-order valence-electron chi connectivity index (χ2n) is 8.01. The maximum atomic E-state index is 11.2. The number of nitrogens with zero attached hydrogens (tertiary/aromatic N) is 2. The van der Waals surface area contributed by atoms with Gasteiger partial charge in [-0.15, -0.1) is 0 Å². The monoisotopic (exact) mass is 485 g/mol. The summed E-state index contributed by atoms with van der Waals surface area (Å²) in [7, 11) is 0. The SMILES string of the molecule is CCOc1ccc(N2C(=S)N[C@H](c3ccccn3)[C@H]2c2ccc(-c3ccc(C(=O)O)cc3)o2)cc1. The molecule has 3 heterocycles. The molecule has 176 valence electrons. The predicted molar refractivity (Wildman–Crippen MR) is 137 cm³/mol. The summed E-state index contributed by atoms with van der Waals surface area (Å²) in [5, 5.41) is 13.2. The Labute approximate surface area is 208 Å². The number of ether oxygens (including phenoxy) is 1. The van der Waals surface area contributed by atoms with Crippen LogP contribution in [0.1, 0.15) is 40.8 Å².